The van der Waals surface area contributed by atoms with Crippen LogP contribution >= 0.6 is 12.2 Å². The summed E-state index contributed by atoms with van der Waals surface area (Å²) in [7, 11) is 0. The molecular weight excluding hydrogens is 186 g/mol. The fourth-order valence-corrected chi connectivity index (χ4v) is 0.895. The number of thiocarbonyl (C=S) groups is 1. The zero-order valence-electron chi connectivity index (χ0n) is 8.14. The van der Waals surface area contributed by atoms with Gasteiger partial charge in [0.2, 0.25) is 5.91 Å². The molecule has 1 amide bonds. The van der Waals surface area contributed by atoms with Gasteiger partial charge in [-0.2, -0.15) is 0 Å². The summed E-state index contributed by atoms with van der Waals surface area (Å²) in [5.74, 6) is -0.0388. The zero-order valence-corrected chi connectivity index (χ0v) is 8.96. The van der Waals surface area contributed by atoms with Crippen LogP contribution in [0.1, 0.15) is 20.3 Å². The number of carbonyl (C=O) groups is 1. The standard InChI is InChI=1S/C8H17N3OS/c1-3-5-10-8(13)11-6-7(12)9-4-2/h3-6H2,1-2H3,(H,9,12)(H2,10,11,13). The average Bonchev–Trinajstić information content (AvgIpc) is 2.12. The van der Waals surface area contributed by atoms with Crippen LogP contribution in [0.2, 0.25) is 0 Å². The van der Waals surface area contributed by atoms with E-state index < -0.39 is 0 Å². The molecule has 0 aliphatic carbocycles. The van der Waals surface area contributed by atoms with Gasteiger partial charge in [0.15, 0.2) is 5.11 Å². The molecule has 0 aromatic rings. The lowest BCUT2D eigenvalue weighted by atomic mass is 10.5. The average molecular weight is 203 g/mol. The molecule has 0 aliphatic rings. The molecule has 0 saturated carbocycles. The second-order valence-corrected chi connectivity index (χ2v) is 2.97. The normalized spacial score (nSPS) is 9.08. The quantitative estimate of drug-likeness (QED) is 0.550. The molecule has 3 N–H and O–H groups in total. The first kappa shape index (κ1) is 12.2. The minimum atomic E-state index is -0.0388. The summed E-state index contributed by atoms with van der Waals surface area (Å²) in [6.07, 6.45) is 1.02. The number of hydrogen-bond acceptors (Lipinski definition) is 2. The summed E-state index contributed by atoms with van der Waals surface area (Å²) < 4.78 is 0. The Kier molecular flexibility index (Phi) is 7.29. The van der Waals surface area contributed by atoms with E-state index in [1.54, 1.807) is 0 Å². The summed E-state index contributed by atoms with van der Waals surface area (Å²) >= 11 is 4.92. The number of nitrogens with one attached hydrogen (secondary N) is 3. The molecule has 13 heavy (non-hydrogen) atoms. The number of amides is 1. The predicted octanol–water partition coefficient (Wildman–Crippen LogP) is -0.00340. The van der Waals surface area contributed by atoms with Crippen molar-refractivity contribution in [1.29, 1.82) is 0 Å². The molecule has 0 fully saturated rings. The molecule has 76 valence electrons. The van der Waals surface area contributed by atoms with Crippen molar-refractivity contribution in [2.24, 2.45) is 0 Å². The first-order valence-electron chi connectivity index (χ1n) is 4.49. The maximum absolute atomic E-state index is 11.0. The number of rotatable bonds is 5. The van der Waals surface area contributed by atoms with Gasteiger partial charge in [0.25, 0.3) is 0 Å². The van der Waals surface area contributed by atoms with Gasteiger partial charge in [-0.25, -0.2) is 0 Å². The lowest BCUT2D eigenvalue weighted by Gasteiger charge is -2.08. The van der Waals surface area contributed by atoms with Crippen molar-refractivity contribution in [3.8, 4) is 0 Å². The van der Waals surface area contributed by atoms with Crippen LogP contribution in [0.3, 0.4) is 0 Å². The summed E-state index contributed by atoms with van der Waals surface area (Å²) in [5, 5.41) is 8.98. The second kappa shape index (κ2) is 7.79. The number of likely N-dealkylation sites (N-methyl/N-ethyl adjacent to an activating group) is 1. The first-order chi connectivity index (χ1) is 6.20. The molecule has 5 heteroatoms. The van der Waals surface area contributed by atoms with Crippen LogP contribution in [0.4, 0.5) is 0 Å². The van der Waals surface area contributed by atoms with Crippen LogP contribution in [-0.2, 0) is 4.79 Å². The molecule has 0 rings (SSSR count). The van der Waals surface area contributed by atoms with Crippen LogP contribution < -0.4 is 16.0 Å². The van der Waals surface area contributed by atoms with Crippen molar-refractivity contribution in [3.05, 3.63) is 0 Å². The van der Waals surface area contributed by atoms with Crippen molar-refractivity contribution in [1.82, 2.24) is 16.0 Å². The Balaban J connectivity index is 3.40. The van der Waals surface area contributed by atoms with E-state index in [4.69, 9.17) is 12.2 Å². The Morgan fingerprint density at radius 2 is 1.92 bits per heavy atom. The van der Waals surface area contributed by atoms with E-state index in [1.807, 2.05) is 6.92 Å². The van der Waals surface area contributed by atoms with Crippen LogP contribution in [0.15, 0.2) is 0 Å². The van der Waals surface area contributed by atoms with E-state index in [9.17, 15) is 4.79 Å². The van der Waals surface area contributed by atoms with Gasteiger partial charge in [-0.05, 0) is 25.6 Å². The lowest BCUT2D eigenvalue weighted by Crippen LogP contribution is -2.41. The van der Waals surface area contributed by atoms with Crippen LogP contribution in [0.25, 0.3) is 0 Å². The minimum absolute atomic E-state index is 0.0388. The van der Waals surface area contributed by atoms with Crippen LogP contribution in [0.5, 0.6) is 0 Å². The molecule has 0 saturated heterocycles. The van der Waals surface area contributed by atoms with E-state index in [-0.39, 0.29) is 12.5 Å². The Morgan fingerprint density at radius 3 is 2.46 bits per heavy atom. The topological polar surface area (TPSA) is 53.2 Å². The molecule has 0 aromatic heterocycles. The van der Waals surface area contributed by atoms with Crippen LogP contribution in [-0.4, -0.2) is 30.7 Å². The first-order valence-corrected chi connectivity index (χ1v) is 4.89. The van der Waals surface area contributed by atoms with E-state index in [1.165, 1.54) is 0 Å². The molecule has 0 bridgehead atoms. The van der Waals surface area contributed by atoms with Crippen LogP contribution in [0, 0.1) is 0 Å². The van der Waals surface area contributed by atoms with Crippen molar-refractivity contribution >= 4 is 23.2 Å². The molecule has 0 aromatic carbocycles. The van der Waals surface area contributed by atoms with Gasteiger partial charge >= 0.3 is 0 Å². The largest absolute Gasteiger partial charge is 0.363 e. The van der Waals surface area contributed by atoms with E-state index in [2.05, 4.69) is 22.9 Å². The summed E-state index contributed by atoms with van der Waals surface area (Å²) in [4.78, 5) is 11.0. The second-order valence-electron chi connectivity index (χ2n) is 2.56. The van der Waals surface area contributed by atoms with Crippen molar-refractivity contribution in [2.75, 3.05) is 19.6 Å². The van der Waals surface area contributed by atoms with Gasteiger partial charge in [-0.1, -0.05) is 6.92 Å². The summed E-state index contributed by atoms with van der Waals surface area (Å²) in [6, 6.07) is 0. The maximum Gasteiger partial charge on any atom is 0.239 e. The molecule has 4 nitrogen and oxygen atoms in total. The molecule has 0 spiro atoms. The number of hydrogen-bond donors (Lipinski definition) is 3. The monoisotopic (exact) mass is 203 g/mol. The molecular formula is C8H17N3OS. The third-order valence-electron chi connectivity index (χ3n) is 1.32. The number of carbonyl (C=O) groups excluding carboxylic acids is 1. The van der Waals surface area contributed by atoms with E-state index >= 15 is 0 Å². The zero-order chi connectivity index (χ0) is 10.1. The highest BCUT2D eigenvalue weighted by Crippen LogP contribution is 1.72. The van der Waals surface area contributed by atoms with Gasteiger partial charge in [0, 0.05) is 13.1 Å². The Bertz CT molecular complexity index is 173. The molecule has 0 heterocycles. The summed E-state index contributed by atoms with van der Waals surface area (Å²) in [6.45, 7) is 5.66. The van der Waals surface area contributed by atoms with Gasteiger partial charge in [0.05, 0.1) is 6.54 Å². The fourth-order valence-electron chi connectivity index (χ4n) is 0.721. The molecule has 0 unspecified atom stereocenters. The Morgan fingerprint density at radius 1 is 1.23 bits per heavy atom. The molecule has 0 radical (unpaired) electrons. The summed E-state index contributed by atoms with van der Waals surface area (Å²) in [5.41, 5.74) is 0. The lowest BCUT2D eigenvalue weighted by molar-refractivity contribution is -0.119. The Hall–Kier alpha value is -0.840. The highest BCUT2D eigenvalue weighted by molar-refractivity contribution is 7.80. The SMILES string of the molecule is CCCNC(=S)NCC(=O)NCC. The Labute approximate surface area is 84.5 Å². The highest BCUT2D eigenvalue weighted by atomic mass is 32.1. The fraction of sp³-hybridized carbons (Fsp3) is 0.750. The van der Waals surface area contributed by atoms with Crippen molar-refractivity contribution < 1.29 is 4.79 Å². The predicted molar refractivity (Wildman–Crippen MR) is 57.6 cm³/mol. The minimum Gasteiger partial charge on any atom is -0.363 e. The van der Waals surface area contributed by atoms with Gasteiger partial charge in [0.1, 0.15) is 0 Å². The molecule has 0 atom stereocenters. The highest BCUT2D eigenvalue weighted by Gasteiger charge is 1.99. The molecule has 0 aliphatic heterocycles. The van der Waals surface area contributed by atoms with Crippen molar-refractivity contribution in [2.45, 2.75) is 20.3 Å². The van der Waals surface area contributed by atoms with Gasteiger partial charge in [-0.3, -0.25) is 4.79 Å². The van der Waals surface area contributed by atoms with Gasteiger partial charge in [-0.15, -0.1) is 0 Å². The smallest absolute Gasteiger partial charge is 0.239 e. The van der Waals surface area contributed by atoms with Gasteiger partial charge < -0.3 is 16.0 Å². The third kappa shape index (κ3) is 7.52. The third-order valence-corrected chi connectivity index (χ3v) is 1.61. The van der Waals surface area contributed by atoms with E-state index in [0.29, 0.717) is 11.7 Å². The van der Waals surface area contributed by atoms with E-state index in [0.717, 1.165) is 13.0 Å². The maximum atomic E-state index is 11.0. The van der Waals surface area contributed by atoms with Crippen molar-refractivity contribution in [3.63, 3.8) is 0 Å².